The molecule has 0 saturated heterocycles. The molecule has 0 aliphatic carbocycles. The third kappa shape index (κ3) is 9.13. The van der Waals surface area contributed by atoms with Crippen LogP contribution in [0.5, 0.6) is 0 Å². The second-order valence-electron chi connectivity index (χ2n) is 6.57. The number of hydrogen-bond donors (Lipinski definition) is 9. The predicted octanol–water partition coefficient (Wildman–Crippen LogP) is -4.53. The van der Waals surface area contributed by atoms with Crippen molar-refractivity contribution in [2.24, 2.45) is 5.73 Å². The van der Waals surface area contributed by atoms with E-state index in [0.717, 1.165) is 13.8 Å². The van der Waals surface area contributed by atoms with E-state index in [-0.39, 0.29) is 0 Å². The van der Waals surface area contributed by atoms with E-state index in [0.29, 0.717) is 0 Å². The fraction of sp³-hybridized carbons (Fsp3) is 0.688. The van der Waals surface area contributed by atoms with Gasteiger partial charge in [0.1, 0.15) is 18.1 Å². The number of hydrogen-bond acceptors (Lipinski definition) is 9. The summed E-state index contributed by atoms with van der Waals surface area (Å²) < 4.78 is 0. The number of aliphatic hydroxyl groups is 3. The van der Waals surface area contributed by atoms with Gasteiger partial charge in [0.05, 0.1) is 18.8 Å². The van der Waals surface area contributed by atoms with E-state index in [2.05, 4.69) is 10.6 Å². The molecule has 6 atom stereocenters. The SMILES string of the molecule is CC(O)C(NC(=O)C(NC(=O)C(CCC(=O)O)NC(=O)C(N)CO)C(C)O)C(=O)O. The maximum Gasteiger partial charge on any atom is 0.328 e. The van der Waals surface area contributed by atoms with Crippen molar-refractivity contribution in [3.63, 3.8) is 0 Å². The quantitative estimate of drug-likeness (QED) is 0.133. The number of carboxylic acid groups (broad SMARTS) is 2. The number of nitrogens with one attached hydrogen (secondary N) is 3. The summed E-state index contributed by atoms with van der Waals surface area (Å²) in [5, 5.41) is 52.2. The van der Waals surface area contributed by atoms with Crippen LogP contribution in [-0.4, -0.2) is 98.2 Å². The Hall–Kier alpha value is -2.81. The van der Waals surface area contributed by atoms with Crippen molar-refractivity contribution in [1.29, 1.82) is 0 Å². The van der Waals surface area contributed by atoms with Crippen molar-refractivity contribution in [2.45, 2.75) is 63.1 Å². The molecule has 0 fully saturated rings. The monoisotopic (exact) mass is 436 g/mol. The van der Waals surface area contributed by atoms with Gasteiger partial charge in [-0.1, -0.05) is 0 Å². The van der Waals surface area contributed by atoms with Crippen LogP contribution < -0.4 is 21.7 Å². The van der Waals surface area contributed by atoms with Gasteiger partial charge in [0.25, 0.3) is 0 Å². The first-order chi connectivity index (χ1) is 13.8. The first-order valence-corrected chi connectivity index (χ1v) is 8.90. The van der Waals surface area contributed by atoms with Gasteiger partial charge in [-0.3, -0.25) is 19.2 Å². The molecule has 14 nitrogen and oxygen atoms in total. The Morgan fingerprint density at radius 2 is 1.33 bits per heavy atom. The third-order valence-electron chi connectivity index (χ3n) is 3.92. The zero-order valence-electron chi connectivity index (χ0n) is 16.4. The summed E-state index contributed by atoms with van der Waals surface area (Å²) >= 11 is 0. The lowest BCUT2D eigenvalue weighted by atomic mass is 10.1. The zero-order chi connectivity index (χ0) is 23.6. The molecule has 0 aliphatic rings. The van der Waals surface area contributed by atoms with Crippen LogP contribution in [0.25, 0.3) is 0 Å². The minimum absolute atomic E-state index is 0.398. The van der Waals surface area contributed by atoms with Crippen LogP contribution in [0.4, 0.5) is 0 Å². The summed E-state index contributed by atoms with van der Waals surface area (Å²) in [5.41, 5.74) is 5.34. The minimum atomic E-state index is -1.72. The van der Waals surface area contributed by atoms with Gasteiger partial charge in [-0.15, -0.1) is 0 Å². The second kappa shape index (κ2) is 12.7. The number of carbonyl (C=O) groups excluding carboxylic acids is 3. The maximum absolute atomic E-state index is 12.5. The zero-order valence-corrected chi connectivity index (χ0v) is 16.4. The number of aliphatic carboxylic acids is 2. The molecule has 14 heteroatoms. The minimum Gasteiger partial charge on any atom is -0.481 e. The van der Waals surface area contributed by atoms with Gasteiger partial charge in [-0.2, -0.15) is 0 Å². The number of aliphatic hydroxyl groups excluding tert-OH is 3. The lowest BCUT2D eigenvalue weighted by Crippen LogP contribution is -2.61. The number of rotatable bonds is 13. The lowest BCUT2D eigenvalue weighted by Gasteiger charge is -2.26. The fourth-order valence-corrected chi connectivity index (χ4v) is 2.19. The summed E-state index contributed by atoms with van der Waals surface area (Å²) in [6.07, 6.45) is -3.95. The average molecular weight is 436 g/mol. The van der Waals surface area contributed by atoms with Crippen molar-refractivity contribution in [1.82, 2.24) is 16.0 Å². The van der Waals surface area contributed by atoms with Crippen LogP contribution in [0, 0.1) is 0 Å². The molecule has 10 N–H and O–H groups in total. The van der Waals surface area contributed by atoms with Crippen LogP contribution in [0.1, 0.15) is 26.7 Å². The van der Waals surface area contributed by atoms with Gasteiger partial charge >= 0.3 is 11.9 Å². The highest BCUT2D eigenvalue weighted by molar-refractivity contribution is 5.94. The summed E-state index contributed by atoms with van der Waals surface area (Å²) in [7, 11) is 0. The van der Waals surface area contributed by atoms with E-state index >= 15 is 0 Å². The van der Waals surface area contributed by atoms with Crippen molar-refractivity contribution < 1.29 is 49.5 Å². The molecular formula is C16H28N4O10. The van der Waals surface area contributed by atoms with Gasteiger partial charge in [0.2, 0.25) is 17.7 Å². The first-order valence-electron chi connectivity index (χ1n) is 8.90. The number of carbonyl (C=O) groups is 5. The molecule has 0 spiro atoms. The molecule has 0 rings (SSSR count). The van der Waals surface area contributed by atoms with Crippen molar-refractivity contribution in [3.05, 3.63) is 0 Å². The molecule has 0 radical (unpaired) electrons. The van der Waals surface area contributed by atoms with E-state index in [1.54, 1.807) is 0 Å². The van der Waals surface area contributed by atoms with Gasteiger partial charge < -0.3 is 47.2 Å². The Labute approximate surface area is 171 Å². The molecule has 0 aromatic heterocycles. The Bertz CT molecular complexity index is 640. The van der Waals surface area contributed by atoms with Crippen molar-refractivity contribution in [2.75, 3.05) is 6.61 Å². The molecule has 0 aromatic rings. The van der Waals surface area contributed by atoms with Crippen molar-refractivity contribution >= 4 is 29.7 Å². The summed E-state index contributed by atoms with van der Waals surface area (Å²) in [6, 6.07) is -6.27. The Balaban J connectivity index is 5.43. The van der Waals surface area contributed by atoms with Gasteiger partial charge in [0.15, 0.2) is 6.04 Å². The van der Waals surface area contributed by atoms with Crippen LogP contribution in [0.15, 0.2) is 0 Å². The molecule has 30 heavy (non-hydrogen) atoms. The molecule has 0 aromatic carbocycles. The van der Waals surface area contributed by atoms with Gasteiger partial charge in [0, 0.05) is 6.42 Å². The van der Waals surface area contributed by atoms with Gasteiger partial charge in [-0.05, 0) is 20.3 Å². The molecule has 172 valence electrons. The normalized spacial score (nSPS) is 16.9. The Morgan fingerprint density at radius 1 is 0.833 bits per heavy atom. The summed E-state index contributed by atoms with van der Waals surface area (Å²) in [5.74, 6) is -5.99. The topological polar surface area (TPSA) is 249 Å². The highest BCUT2D eigenvalue weighted by atomic mass is 16.4. The predicted molar refractivity (Wildman–Crippen MR) is 98.7 cm³/mol. The molecule has 0 heterocycles. The Morgan fingerprint density at radius 3 is 1.73 bits per heavy atom. The van der Waals surface area contributed by atoms with Crippen LogP contribution in [-0.2, 0) is 24.0 Å². The third-order valence-corrected chi connectivity index (χ3v) is 3.92. The number of nitrogens with two attached hydrogens (primary N) is 1. The smallest absolute Gasteiger partial charge is 0.328 e. The molecule has 0 bridgehead atoms. The van der Waals surface area contributed by atoms with E-state index in [4.69, 9.17) is 21.1 Å². The highest BCUT2D eigenvalue weighted by Gasteiger charge is 2.34. The molecular weight excluding hydrogens is 408 g/mol. The molecule has 0 aliphatic heterocycles. The van der Waals surface area contributed by atoms with Crippen LogP contribution in [0.3, 0.4) is 0 Å². The lowest BCUT2D eigenvalue weighted by molar-refractivity contribution is -0.146. The standard InChI is InChI=1S/C16H28N4O10/c1-6(22)11(15(28)20-12(7(2)23)16(29)30)19-14(27)9(3-4-10(24)25)18-13(26)8(17)5-21/h6-9,11-12,21-23H,3-5,17H2,1-2H3,(H,18,26)(H,19,27)(H,20,28)(H,24,25)(H,29,30). The largest absolute Gasteiger partial charge is 0.481 e. The number of carboxylic acids is 2. The second-order valence-corrected chi connectivity index (χ2v) is 6.57. The van der Waals surface area contributed by atoms with Crippen LogP contribution >= 0.6 is 0 Å². The fourth-order valence-electron chi connectivity index (χ4n) is 2.19. The average Bonchev–Trinajstić information content (AvgIpc) is 2.64. The Kier molecular flexibility index (Phi) is 11.5. The molecule has 0 saturated carbocycles. The maximum atomic E-state index is 12.5. The van der Waals surface area contributed by atoms with E-state index in [1.165, 1.54) is 0 Å². The van der Waals surface area contributed by atoms with Gasteiger partial charge in [-0.25, -0.2) is 4.79 Å². The van der Waals surface area contributed by atoms with Crippen molar-refractivity contribution in [3.8, 4) is 0 Å². The summed E-state index contributed by atoms with van der Waals surface area (Å²) in [4.78, 5) is 58.5. The summed E-state index contributed by atoms with van der Waals surface area (Å²) in [6.45, 7) is 1.49. The van der Waals surface area contributed by atoms with Crippen LogP contribution in [0.2, 0.25) is 0 Å². The van der Waals surface area contributed by atoms with E-state index in [1.807, 2.05) is 5.32 Å². The first kappa shape index (κ1) is 27.2. The van der Waals surface area contributed by atoms with E-state index < -0.39 is 85.5 Å². The number of amides is 3. The molecule has 3 amide bonds. The molecule has 6 unspecified atom stereocenters. The van der Waals surface area contributed by atoms with E-state index in [9.17, 15) is 34.2 Å². The highest BCUT2D eigenvalue weighted by Crippen LogP contribution is 2.03.